The van der Waals surface area contributed by atoms with Crippen LogP contribution in [-0.2, 0) is 4.79 Å². The van der Waals surface area contributed by atoms with Gasteiger partial charge in [0.2, 0.25) is 0 Å². The fraction of sp³-hybridized carbons (Fsp3) is 0.938. The Hall–Kier alpha value is -0.330. The molecule has 2 rings (SSSR count). The molecule has 2 saturated carbocycles. The second-order valence-electron chi connectivity index (χ2n) is 6.20. The van der Waals surface area contributed by atoms with Crippen LogP contribution in [0, 0.1) is 11.8 Å². The molecule has 0 heterocycles. The van der Waals surface area contributed by atoms with E-state index in [-0.39, 0.29) is 0 Å². The Labute approximate surface area is 106 Å². The summed E-state index contributed by atoms with van der Waals surface area (Å²) in [5.74, 6) is 1.90. The number of carbonyl (C=O) groups is 1. The lowest BCUT2D eigenvalue weighted by atomic mass is 9.83. The van der Waals surface area contributed by atoms with Crippen LogP contribution in [0.2, 0.25) is 0 Å². The van der Waals surface area contributed by atoms with Crippen molar-refractivity contribution >= 4 is 5.78 Å². The van der Waals surface area contributed by atoms with E-state index < -0.39 is 0 Å². The maximum absolute atomic E-state index is 12.2. The van der Waals surface area contributed by atoms with Gasteiger partial charge < -0.3 is 0 Å². The highest BCUT2D eigenvalue weighted by molar-refractivity contribution is 5.80. The van der Waals surface area contributed by atoms with Gasteiger partial charge >= 0.3 is 0 Å². The molecule has 2 aliphatic carbocycles. The van der Waals surface area contributed by atoms with Crippen LogP contribution in [-0.4, -0.2) is 5.78 Å². The van der Waals surface area contributed by atoms with Crippen LogP contribution >= 0.6 is 0 Å². The van der Waals surface area contributed by atoms with E-state index in [9.17, 15) is 4.79 Å². The van der Waals surface area contributed by atoms with Crippen LogP contribution in [0.1, 0.15) is 83.5 Å². The molecule has 0 radical (unpaired) electrons. The molecule has 0 aromatic heterocycles. The lowest BCUT2D eigenvalue weighted by molar-refractivity contribution is -0.123. The van der Waals surface area contributed by atoms with E-state index in [1.165, 1.54) is 77.0 Å². The topological polar surface area (TPSA) is 17.1 Å². The first kappa shape index (κ1) is 13.1. The third kappa shape index (κ3) is 4.44. The minimum atomic E-state index is 0.432. The highest BCUT2D eigenvalue weighted by Crippen LogP contribution is 2.30. The molecular formula is C16H28O. The van der Waals surface area contributed by atoms with Gasteiger partial charge in [-0.1, -0.05) is 57.8 Å². The van der Waals surface area contributed by atoms with Crippen LogP contribution in [0.15, 0.2) is 0 Å². The van der Waals surface area contributed by atoms with E-state index in [0.717, 1.165) is 12.3 Å². The Morgan fingerprint density at radius 2 is 1.29 bits per heavy atom. The first-order chi connectivity index (χ1) is 8.36. The zero-order valence-electron chi connectivity index (χ0n) is 11.3. The largest absolute Gasteiger partial charge is 0.299 e. The van der Waals surface area contributed by atoms with Gasteiger partial charge in [-0.25, -0.2) is 0 Å². The Morgan fingerprint density at radius 1 is 0.765 bits per heavy atom. The second-order valence-corrected chi connectivity index (χ2v) is 6.20. The molecule has 0 bridgehead atoms. The van der Waals surface area contributed by atoms with Crippen LogP contribution in [0.5, 0.6) is 0 Å². The van der Waals surface area contributed by atoms with Crippen molar-refractivity contribution < 1.29 is 4.79 Å². The summed E-state index contributed by atoms with van der Waals surface area (Å²) in [6.45, 7) is 0. The van der Waals surface area contributed by atoms with E-state index in [1.54, 1.807) is 0 Å². The lowest BCUT2D eigenvalue weighted by Gasteiger charge is -2.22. The molecule has 0 N–H and O–H groups in total. The fourth-order valence-corrected chi connectivity index (χ4v) is 3.63. The first-order valence-electron chi connectivity index (χ1n) is 7.89. The van der Waals surface area contributed by atoms with Crippen molar-refractivity contribution in [2.45, 2.75) is 83.5 Å². The maximum Gasteiger partial charge on any atom is 0.135 e. The molecule has 17 heavy (non-hydrogen) atoms. The predicted octanol–water partition coefficient (Wildman–Crippen LogP) is 4.89. The van der Waals surface area contributed by atoms with Gasteiger partial charge in [0.15, 0.2) is 0 Å². The summed E-state index contributed by atoms with van der Waals surface area (Å²) in [5, 5.41) is 0. The number of ketones is 1. The zero-order chi connectivity index (χ0) is 11.9. The standard InChI is InChI=1S/C16H28O/c17-16(15-10-6-1-2-7-11-15)13-12-14-8-4-3-5-9-14/h14-15H,1-13H2. The number of hydrogen-bond acceptors (Lipinski definition) is 1. The third-order valence-corrected chi connectivity index (χ3v) is 4.83. The fourth-order valence-electron chi connectivity index (χ4n) is 3.63. The molecule has 2 fully saturated rings. The normalized spacial score (nSPS) is 24.5. The maximum atomic E-state index is 12.2. The molecule has 0 unspecified atom stereocenters. The minimum Gasteiger partial charge on any atom is -0.299 e. The molecule has 2 aliphatic rings. The molecule has 0 spiro atoms. The van der Waals surface area contributed by atoms with Crippen LogP contribution < -0.4 is 0 Å². The monoisotopic (exact) mass is 236 g/mol. The first-order valence-corrected chi connectivity index (χ1v) is 7.89. The average Bonchev–Trinajstić information content (AvgIpc) is 2.66. The van der Waals surface area contributed by atoms with Gasteiger partial charge in [0.1, 0.15) is 5.78 Å². The summed E-state index contributed by atoms with van der Waals surface area (Å²) in [4.78, 5) is 12.2. The number of rotatable bonds is 4. The zero-order valence-corrected chi connectivity index (χ0v) is 11.3. The molecular weight excluding hydrogens is 208 g/mol. The van der Waals surface area contributed by atoms with E-state index in [0.29, 0.717) is 11.7 Å². The van der Waals surface area contributed by atoms with Crippen molar-refractivity contribution in [1.29, 1.82) is 0 Å². The van der Waals surface area contributed by atoms with Gasteiger partial charge in [0.25, 0.3) is 0 Å². The molecule has 0 saturated heterocycles. The summed E-state index contributed by atoms with van der Waals surface area (Å²) >= 11 is 0. The molecule has 1 heteroatoms. The molecule has 0 amide bonds. The van der Waals surface area contributed by atoms with Crippen molar-refractivity contribution in [3.63, 3.8) is 0 Å². The molecule has 0 atom stereocenters. The van der Waals surface area contributed by atoms with Crippen LogP contribution in [0.4, 0.5) is 0 Å². The van der Waals surface area contributed by atoms with E-state index in [2.05, 4.69) is 0 Å². The molecule has 98 valence electrons. The van der Waals surface area contributed by atoms with Gasteiger partial charge in [-0.05, 0) is 25.2 Å². The average molecular weight is 236 g/mol. The third-order valence-electron chi connectivity index (χ3n) is 4.83. The van der Waals surface area contributed by atoms with Crippen LogP contribution in [0.3, 0.4) is 0 Å². The number of carbonyl (C=O) groups excluding carboxylic acids is 1. The summed E-state index contributed by atoms with van der Waals surface area (Å²) in [7, 11) is 0. The Kier molecular flexibility index (Phi) is 5.54. The van der Waals surface area contributed by atoms with Gasteiger partial charge in [-0.3, -0.25) is 4.79 Å². The number of hydrogen-bond donors (Lipinski definition) is 0. The molecule has 0 aromatic carbocycles. The predicted molar refractivity (Wildman–Crippen MR) is 72.0 cm³/mol. The Bertz CT molecular complexity index is 220. The van der Waals surface area contributed by atoms with Crippen molar-refractivity contribution in [1.82, 2.24) is 0 Å². The SMILES string of the molecule is O=C(CCC1CCCCC1)C1CCCCCC1. The highest BCUT2D eigenvalue weighted by atomic mass is 16.1. The summed E-state index contributed by atoms with van der Waals surface area (Å²) in [5.41, 5.74) is 0. The van der Waals surface area contributed by atoms with Gasteiger partial charge in [0, 0.05) is 12.3 Å². The quantitative estimate of drug-likeness (QED) is 0.635. The molecule has 0 aromatic rings. The number of Topliss-reactive ketones (excluding diaryl/α,β-unsaturated/α-hetero) is 1. The van der Waals surface area contributed by atoms with Crippen molar-refractivity contribution in [2.75, 3.05) is 0 Å². The van der Waals surface area contributed by atoms with Crippen molar-refractivity contribution in [3.8, 4) is 0 Å². The van der Waals surface area contributed by atoms with Gasteiger partial charge in [-0.2, -0.15) is 0 Å². The minimum absolute atomic E-state index is 0.432. The van der Waals surface area contributed by atoms with Crippen molar-refractivity contribution in [2.24, 2.45) is 11.8 Å². The van der Waals surface area contributed by atoms with Crippen molar-refractivity contribution in [3.05, 3.63) is 0 Å². The Balaban J connectivity index is 1.68. The van der Waals surface area contributed by atoms with Gasteiger partial charge in [-0.15, -0.1) is 0 Å². The lowest BCUT2D eigenvalue weighted by Crippen LogP contribution is -2.16. The van der Waals surface area contributed by atoms with Crippen LogP contribution in [0.25, 0.3) is 0 Å². The summed E-state index contributed by atoms with van der Waals surface area (Å²) in [6, 6.07) is 0. The highest BCUT2D eigenvalue weighted by Gasteiger charge is 2.21. The second kappa shape index (κ2) is 7.18. The van der Waals surface area contributed by atoms with E-state index in [4.69, 9.17) is 0 Å². The molecule has 1 nitrogen and oxygen atoms in total. The molecule has 0 aliphatic heterocycles. The summed E-state index contributed by atoms with van der Waals surface area (Å²) in [6.07, 6.45) is 16.7. The van der Waals surface area contributed by atoms with Gasteiger partial charge in [0.05, 0.1) is 0 Å². The van der Waals surface area contributed by atoms with E-state index in [1.807, 2.05) is 0 Å². The van der Waals surface area contributed by atoms with E-state index >= 15 is 0 Å². The Morgan fingerprint density at radius 3 is 1.94 bits per heavy atom. The smallest absolute Gasteiger partial charge is 0.135 e. The summed E-state index contributed by atoms with van der Waals surface area (Å²) < 4.78 is 0.